The van der Waals surface area contributed by atoms with E-state index in [9.17, 15) is 4.79 Å². The van der Waals surface area contributed by atoms with Crippen molar-refractivity contribution < 1.29 is 4.79 Å². The first-order valence-electron chi connectivity index (χ1n) is 5.86. The molecule has 3 nitrogen and oxygen atoms in total. The average Bonchev–Trinajstić information content (AvgIpc) is 3.06. The summed E-state index contributed by atoms with van der Waals surface area (Å²) in [5.41, 5.74) is 4.32. The topological polar surface area (TPSA) is 32.3 Å². The molecule has 0 atom stereocenters. The third kappa shape index (κ3) is 2.75. The number of urea groups is 1. The first-order chi connectivity index (χ1) is 7.99. The molecule has 0 saturated heterocycles. The molecular weight excluding hydrogens is 232 g/mol. The lowest BCUT2D eigenvalue weighted by Gasteiger charge is -2.20. The summed E-state index contributed by atoms with van der Waals surface area (Å²) in [6, 6.07) is 4.30. The smallest absolute Gasteiger partial charge is 0.332 e. The third-order valence-electron chi connectivity index (χ3n) is 3.14. The number of nitrogens with zero attached hydrogens (tertiary/aromatic N) is 1. The molecule has 1 N–H and O–H groups in total. The second kappa shape index (κ2) is 4.61. The van der Waals surface area contributed by atoms with Crippen molar-refractivity contribution in [2.75, 3.05) is 4.31 Å². The Labute approximate surface area is 108 Å². The van der Waals surface area contributed by atoms with Crippen LogP contribution in [-0.4, -0.2) is 12.1 Å². The molecular formula is C13H18N2OS. The zero-order valence-corrected chi connectivity index (χ0v) is 11.3. The Morgan fingerprint density at radius 2 is 1.82 bits per heavy atom. The zero-order chi connectivity index (χ0) is 12.6. The van der Waals surface area contributed by atoms with Crippen molar-refractivity contribution >= 4 is 24.5 Å². The molecule has 0 radical (unpaired) electrons. The Bertz CT molecular complexity index is 455. The third-order valence-corrected chi connectivity index (χ3v) is 3.53. The van der Waals surface area contributed by atoms with Crippen LogP contribution < -0.4 is 9.62 Å². The largest absolute Gasteiger partial charge is 0.334 e. The Kier molecular flexibility index (Phi) is 3.33. The van der Waals surface area contributed by atoms with E-state index in [0.29, 0.717) is 6.04 Å². The Morgan fingerprint density at radius 1 is 1.24 bits per heavy atom. The lowest BCUT2D eigenvalue weighted by atomic mass is 10.1. The fraction of sp³-hybridized carbons (Fsp3) is 0.462. The van der Waals surface area contributed by atoms with Crippen molar-refractivity contribution in [1.82, 2.24) is 5.32 Å². The van der Waals surface area contributed by atoms with Gasteiger partial charge in [-0.25, -0.2) is 9.10 Å². The molecule has 0 aliphatic heterocycles. The van der Waals surface area contributed by atoms with E-state index in [1.54, 1.807) is 0 Å². The molecule has 17 heavy (non-hydrogen) atoms. The molecule has 1 aliphatic rings. The van der Waals surface area contributed by atoms with Crippen molar-refractivity contribution in [2.45, 2.75) is 39.7 Å². The minimum Gasteiger partial charge on any atom is -0.334 e. The lowest BCUT2D eigenvalue weighted by Crippen LogP contribution is -2.35. The number of aryl methyl sites for hydroxylation is 3. The molecule has 2 rings (SSSR count). The van der Waals surface area contributed by atoms with Crippen LogP contribution in [0.4, 0.5) is 10.5 Å². The molecule has 0 heterocycles. The van der Waals surface area contributed by atoms with E-state index < -0.39 is 0 Å². The highest BCUT2D eigenvalue weighted by Crippen LogP contribution is 2.26. The van der Waals surface area contributed by atoms with Crippen LogP contribution in [0.25, 0.3) is 0 Å². The zero-order valence-electron chi connectivity index (χ0n) is 10.4. The molecule has 2 amide bonds. The highest BCUT2D eigenvalue weighted by Gasteiger charge is 2.26. The van der Waals surface area contributed by atoms with E-state index in [4.69, 9.17) is 0 Å². The highest BCUT2D eigenvalue weighted by atomic mass is 32.1. The van der Waals surface area contributed by atoms with Crippen LogP contribution in [0.15, 0.2) is 12.1 Å². The Hall–Kier alpha value is -1.16. The number of nitrogens with one attached hydrogen (secondary N) is 1. The van der Waals surface area contributed by atoms with Crippen molar-refractivity contribution in [2.24, 2.45) is 0 Å². The van der Waals surface area contributed by atoms with Gasteiger partial charge in [0.05, 0.1) is 5.69 Å². The molecule has 1 aromatic rings. The van der Waals surface area contributed by atoms with Gasteiger partial charge in [0.1, 0.15) is 0 Å². The summed E-state index contributed by atoms with van der Waals surface area (Å²) in [6.07, 6.45) is 2.17. The molecule has 1 aromatic carbocycles. The van der Waals surface area contributed by atoms with E-state index in [-0.39, 0.29) is 6.03 Å². The van der Waals surface area contributed by atoms with Gasteiger partial charge < -0.3 is 5.32 Å². The van der Waals surface area contributed by atoms with Crippen molar-refractivity contribution in [1.29, 1.82) is 0 Å². The van der Waals surface area contributed by atoms with E-state index in [1.165, 1.54) is 15.4 Å². The lowest BCUT2D eigenvalue weighted by molar-refractivity contribution is 0.249. The van der Waals surface area contributed by atoms with E-state index in [0.717, 1.165) is 24.1 Å². The molecule has 1 fully saturated rings. The summed E-state index contributed by atoms with van der Waals surface area (Å²) in [6.45, 7) is 6.10. The molecule has 0 unspecified atom stereocenters. The SMILES string of the molecule is Cc1cc(C)c(N(S)C(=O)NC2CC2)cc1C. The number of amides is 2. The van der Waals surface area contributed by atoms with Gasteiger partial charge in [-0.1, -0.05) is 18.9 Å². The summed E-state index contributed by atoms with van der Waals surface area (Å²) in [7, 11) is 0. The molecule has 1 aliphatic carbocycles. The first kappa shape index (κ1) is 12.3. The van der Waals surface area contributed by atoms with Crippen molar-refractivity contribution in [3.05, 3.63) is 28.8 Å². The van der Waals surface area contributed by atoms with Gasteiger partial charge in [0.2, 0.25) is 0 Å². The number of hydrogen-bond donors (Lipinski definition) is 2. The number of hydrogen-bond acceptors (Lipinski definition) is 2. The van der Waals surface area contributed by atoms with Crippen LogP contribution in [0.5, 0.6) is 0 Å². The van der Waals surface area contributed by atoms with Crippen LogP contribution in [0.3, 0.4) is 0 Å². The highest BCUT2D eigenvalue weighted by molar-refractivity contribution is 7.82. The second-order valence-electron chi connectivity index (χ2n) is 4.76. The van der Waals surface area contributed by atoms with E-state index in [1.807, 2.05) is 19.9 Å². The van der Waals surface area contributed by atoms with Gasteiger partial charge in [-0.2, -0.15) is 0 Å². The normalized spacial score (nSPS) is 14.6. The maximum atomic E-state index is 11.9. The van der Waals surface area contributed by atoms with Crippen molar-refractivity contribution in [3.8, 4) is 0 Å². The average molecular weight is 250 g/mol. The maximum absolute atomic E-state index is 11.9. The number of rotatable bonds is 2. The first-order valence-corrected chi connectivity index (χ1v) is 6.26. The predicted molar refractivity (Wildman–Crippen MR) is 73.7 cm³/mol. The molecule has 0 spiro atoms. The number of anilines is 1. The van der Waals surface area contributed by atoms with Gasteiger partial charge in [-0.05, 0) is 56.4 Å². The molecule has 0 bridgehead atoms. The van der Waals surface area contributed by atoms with Crippen LogP contribution in [-0.2, 0) is 0 Å². The molecule has 1 saturated carbocycles. The van der Waals surface area contributed by atoms with Gasteiger partial charge in [-0.15, -0.1) is 0 Å². The number of carbonyl (C=O) groups is 1. The fourth-order valence-electron chi connectivity index (χ4n) is 1.75. The van der Waals surface area contributed by atoms with Gasteiger partial charge in [0.25, 0.3) is 0 Å². The number of benzene rings is 1. The minimum atomic E-state index is -0.137. The summed E-state index contributed by atoms with van der Waals surface area (Å²) in [5, 5.41) is 2.92. The predicted octanol–water partition coefficient (Wildman–Crippen LogP) is 3.14. The van der Waals surface area contributed by atoms with Gasteiger partial charge >= 0.3 is 6.03 Å². The molecule has 0 aromatic heterocycles. The van der Waals surface area contributed by atoms with E-state index in [2.05, 4.69) is 31.1 Å². The van der Waals surface area contributed by atoms with Crippen LogP contribution in [0.2, 0.25) is 0 Å². The van der Waals surface area contributed by atoms with E-state index >= 15 is 0 Å². The van der Waals surface area contributed by atoms with Gasteiger partial charge in [-0.3, -0.25) is 0 Å². The quantitative estimate of drug-likeness (QED) is 0.777. The maximum Gasteiger partial charge on any atom is 0.332 e. The standard InChI is InChI=1S/C13H18N2OS/c1-8-6-10(3)12(7-9(8)2)15(17)13(16)14-11-4-5-11/h6-7,11,17H,4-5H2,1-3H3,(H,14,16). The monoisotopic (exact) mass is 250 g/mol. The summed E-state index contributed by atoms with van der Waals surface area (Å²) >= 11 is 4.29. The van der Waals surface area contributed by atoms with Gasteiger partial charge in [0, 0.05) is 6.04 Å². The summed E-state index contributed by atoms with van der Waals surface area (Å²) < 4.78 is 1.40. The summed E-state index contributed by atoms with van der Waals surface area (Å²) in [5.74, 6) is 0. The Balaban J connectivity index is 2.19. The molecule has 4 heteroatoms. The van der Waals surface area contributed by atoms with Crippen LogP contribution >= 0.6 is 12.8 Å². The minimum absolute atomic E-state index is 0.137. The van der Waals surface area contributed by atoms with Crippen LogP contribution in [0, 0.1) is 20.8 Å². The van der Waals surface area contributed by atoms with Gasteiger partial charge in [0.15, 0.2) is 0 Å². The summed E-state index contributed by atoms with van der Waals surface area (Å²) in [4.78, 5) is 11.9. The Morgan fingerprint density at radius 3 is 2.41 bits per heavy atom. The number of thiol groups is 1. The fourth-order valence-corrected chi connectivity index (χ4v) is 2.02. The van der Waals surface area contributed by atoms with Crippen molar-refractivity contribution in [3.63, 3.8) is 0 Å². The second-order valence-corrected chi connectivity index (χ2v) is 5.16. The number of carbonyl (C=O) groups excluding carboxylic acids is 1. The van der Waals surface area contributed by atoms with Crippen LogP contribution in [0.1, 0.15) is 29.5 Å². The molecule has 92 valence electrons.